The second-order valence-electron chi connectivity index (χ2n) is 10.8. The molecule has 0 aromatic heterocycles. The SMILES string of the molecule is CC[C@@H](C(=O)NC1CCCCC1)N(Cc1ccc(Cl)cc1Cl)C(=O)CN(c1ccccc1F)S(=O)(=O)c1ccc(C)cc1. The largest absolute Gasteiger partial charge is 0.352 e. The molecule has 3 aromatic carbocycles. The van der Waals surface area contributed by atoms with Crippen molar-refractivity contribution in [3.63, 3.8) is 0 Å². The number of amides is 2. The van der Waals surface area contributed by atoms with Crippen molar-refractivity contribution in [2.75, 3.05) is 10.8 Å². The maximum atomic E-state index is 15.1. The molecule has 1 saturated carbocycles. The van der Waals surface area contributed by atoms with Crippen LogP contribution in [0.15, 0.2) is 71.6 Å². The fourth-order valence-electron chi connectivity index (χ4n) is 5.30. The predicted octanol–water partition coefficient (Wildman–Crippen LogP) is 6.89. The molecule has 1 aliphatic carbocycles. The number of sulfonamides is 1. The Bertz CT molecular complexity index is 1550. The summed E-state index contributed by atoms with van der Waals surface area (Å²) in [5, 5.41) is 3.79. The van der Waals surface area contributed by atoms with E-state index in [-0.39, 0.29) is 35.5 Å². The summed E-state index contributed by atoms with van der Waals surface area (Å²) in [6.45, 7) is 2.78. The number of para-hydroxylation sites is 1. The molecule has 4 rings (SSSR count). The number of halogens is 3. The molecule has 0 aliphatic heterocycles. The van der Waals surface area contributed by atoms with Crippen LogP contribution in [-0.2, 0) is 26.2 Å². The summed E-state index contributed by atoms with van der Waals surface area (Å²) < 4.78 is 43.7. The highest BCUT2D eigenvalue weighted by Gasteiger charge is 2.35. The van der Waals surface area contributed by atoms with Gasteiger partial charge in [0.1, 0.15) is 18.4 Å². The molecule has 2 amide bonds. The molecule has 1 N–H and O–H groups in total. The normalized spacial score (nSPS) is 14.6. The molecular formula is C32H36Cl2FN3O4S. The molecule has 0 spiro atoms. The quantitative estimate of drug-likeness (QED) is 0.245. The molecule has 0 unspecified atom stereocenters. The van der Waals surface area contributed by atoms with Gasteiger partial charge in [0.2, 0.25) is 11.8 Å². The topological polar surface area (TPSA) is 86.8 Å². The van der Waals surface area contributed by atoms with Gasteiger partial charge in [-0.25, -0.2) is 12.8 Å². The van der Waals surface area contributed by atoms with Gasteiger partial charge in [0.15, 0.2) is 0 Å². The van der Waals surface area contributed by atoms with Crippen molar-refractivity contribution in [1.29, 1.82) is 0 Å². The molecule has 0 bridgehead atoms. The van der Waals surface area contributed by atoms with E-state index in [0.29, 0.717) is 15.6 Å². The molecule has 43 heavy (non-hydrogen) atoms. The lowest BCUT2D eigenvalue weighted by Crippen LogP contribution is -2.54. The van der Waals surface area contributed by atoms with Gasteiger partial charge >= 0.3 is 0 Å². The zero-order valence-electron chi connectivity index (χ0n) is 24.2. The Morgan fingerprint density at radius 2 is 1.67 bits per heavy atom. The molecule has 1 fully saturated rings. The molecule has 3 aromatic rings. The Kier molecular flexibility index (Phi) is 11.1. The third kappa shape index (κ3) is 8.08. The van der Waals surface area contributed by atoms with E-state index in [2.05, 4.69) is 5.32 Å². The summed E-state index contributed by atoms with van der Waals surface area (Å²) in [6, 6.07) is 15.4. The number of carbonyl (C=O) groups is 2. The minimum atomic E-state index is -4.38. The average Bonchev–Trinajstić information content (AvgIpc) is 2.98. The van der Waals surface area contributed by atoms with E-state index >= 15 is 4.39 Å². The van der Waals surface area contributed by atoms with Gasteiger partial charge in [-0.1, -0.05) is 85.3 Å². The fraction of sp³-hybridized carbons (Fsp3) is 0.375. The van der Waals surface area contributed by atoms with Crippen molar-refractivity contribution in [2.45, 2.75) is 75.9 Å². The number of anilines is 1. The lowest BCUT2D eigenvalue weighted by Gasteiger charge is -2.34. The Labute approximate surface area is 263 Å². The number of carbonyl (C=O) groups excluding carboxylic acids is 2. The van der Waals surface area contributed by atoms with Gasteiger partial charge in [0.25, 0.3) is 10.0 Å². The van der Waals surface area contributed by atoms with Crippen LogP contribution in [-0.4, -0.2) is 43.8 Å². The Balaban J connectivity index is 1.73. The maximum absolute atomic E-state index is 15.1. The van der Waals surface area contributed by atoms with Crippen LogP contribution in [0.2, 0.25) is 10.0 Å². The fourth-order valence-corrected chi connectivity index (χ4v) is 7.19. The van der Waals surface area contributed by atoms with E-state index in [1.165, 1.54) is 41.3 Å². The second-order valence-corrected chi connectivity index (χ2v) is 13.5. The van der Waals surface area contributed by atoms with Crippen molar-refractivity contribution in [2.24, 2.45) is 0 Å². The van der Waals surface area contributed by atoms with Crippen LogP contribution in [0.4, 0.5) is 10.1 Å². The van der Waals surface area contributed by atoms with Crippen LogP contribution in [0.1, 0.15) is 56.6 Å². The number of rotatable bonds is 11. The van der Waals surface area contributed by atoms with Gasteiger partial charge in [-0.3, -0.25) is 13.9 Å². The van der Waals surface area contributed by atoms with Gasteiger partial charge in [-0.2, -0.15) is 0 Å². The highest BCUT2D eigenvalue weighted by Crippen LogP contribution is 2.29. The monoisotopic (exact) mass is 647 g/mol. The lowest BCUT2D eigenvalue weighted by molar-refractivity contribution is -0.140. The minimum absolute atomic E-state index is 0.00296. The molecule has 1 atom stereocenters. The number of nitrogens with zero attached hydrogens (tertiary/aromatic N) is 2. The van der Waals surface area contributed by atoms with E-state index in [1.54, 1.807) is 31.2 Å². The molecule has 11 heteroatoms. The van der Waals surface area contributed by atoms with Gasteiger partial charge in [-0.15, -0.1) is 0 Å². The first-order chi connectivity index (χ1) is 20.5. The molecule has 7 nitrogen and oxygen atoms in total. The number of aryl methyl sites for hydroxylation is 1. The van der Waals surface area contributed by atoms with Crippen LogP contribution in [0.25, 0.3) is 0 Å². The number of nitrogens with one attached hydrogen (secondary N) is 1. The van der Waals surface area contributed by atoms with Crippen LogP contribution in [0.5, 0.6) is 0 Å². The van der Waals surface area contributed by atoms with Crippen molar-refractivity contribution in [3.8, 4) is 0 Å². The summed E-state index contributed by atoms with van der Waals surface area (Å²) in [4.78, 5) is 29.1. The van der Waals surface area contributed by atoms with Crippen LogP contribution < -0.4 is 9.62 Å². The smallest absolute Gasteiger partial charge is 0.264 e. The Morgan fingerprint density at radius 1 is 1.00 bits per heavy atom. The van der Waals surface area contributed by atoms with Crippen molar-refractivity contribution in [1.82, 2.24) is 10.2 Å². The number of benzene rings is 3. The van der Waals surface area contributed by atoms with E-state index in [4.69, 9.17) is 23.2 Å². The summed E-state index contributed by atoms with van der Waals surface area (Å²) in [5.74, 6) is -1.82. The lowest BCUT2D eigenvalue weighted by atomic mass is 9.95. The third-order valence-corrected chi connectivity index (χ3v) is 10.1. The minimum Gasteiger partial charge on any atom is -0.352 e. The molecule has 1 aliphatic rings. The third-order valence-electron chi connectivity index (χ3n) is 7.70. The van der Waals surface area contributed by atoms with Crippen molar-refractivity contribution in [3.05, 3.63) is 93.7 Å². The Hall–Kier alpha value is -3.14. The highest BCUT2D eigenvalue weighted by molar-refractivity contribution is 7.92. The molecule has 0 radical (unpaired) electrons. The van der Waals surface area contributed by atoms with Gasteiger partial charge in [0, 0.05) is 22.6 Å². The molecule has 230 valence electrons. The zero-order chi connectivity index (χ0) is 31.1. The predicted molar refractivity (Wildman–Crippen MR) is 168 cm³/mol. The van der Waals surface area contributed by atoms with Crippen LogP contribution in [0.3, 0.4) is 0 Å². The molecule has 0 heterocycles. The second kappa shape index (κ2) is 14.6. The van der Waals surface area contributed by atoms with Crippen molar-refractivity contribution >= 4 is 50.7 Å². The number of hydrogen-bond donors (Lipinski definition) is 1. The van der Waals surface area contributed by atoms with Gasteiger partial charge in [0.05, 0.1) is 10.6 Å². The van der Waals surface area contributed by atoms with Crippen molar-refractivity contribution < 1.29 is 22.4 Å². The highest BCUT2D eigenvalue weighted by atomic mass is 35.5. The van der Waals surface area contributed by atoms with E-state index in [9.17, 15) is 18.0 Å². The van der Waals surface area contributed by atoms with E-state index in [1.807, 2.05) is 6.92 Å². The summed E-state index contributed by atoms with van der Waals surface area (Å²) in [5.41, 5.74) is 1.09. The number of hydrogen-bond acceptors (Lipinski definition) is 4. The van der Waals surface area contributed by atoms with Crippen LogP contribution in [0, 0.1) is 12.7 Å². The summed E-state index contributed by atoms with van der Waals surface area (Å²) in [6.07, 6.45) is 5.12. The van der Waals surface area contributed by atoms with E-state index in [0.717, 1.165) is 48.0 Å². The van der Waals surface area contributed by atoms with Gasteiger partial charge in [-0.05, 0) is 68.1 Å². The summed E-state index contributed by atoms with van der Waals surface area (Å²) in [7, 11) is -4.38. The summed E-state index contributed by atoms with van der Waals surface area (Å²) >= 11 is 12.6. The van der Waals surface area contributed by atoms with Crippen LogP contribution >= 0.6 is 23.2 Å². The first kappa shape index (κ1) is 32.8. The zero-order valence-corrected chi connectivity index (χ0v) is 26.6. The average molecular weight is 649 g/mol. The Morgan fingerprint density at radius 3 is 2.30 bits per heavy atom. The molecule has 0 saturated heterocycles. The first-order valence-electron chi connectivity index (χ1n) is 14.4. The molecular weight excluding hydrogens is 612 g/mol. The maximum Gasteiger partial charge on any atom is 0.264 e. The van der Waals surface area contributed by atoms with Gasteiger partial charge < -0.3 is 10.2 Å². The first-order valence-corrected chi connectivity index (χ1v) is 16.6. The van der Waals surface area contributed by atoms with E-state index < -0.39 is 34.3 Å². The standard InChI is InChI=1S/C32H36Cl2FN3O4S/c1-3-29(32(40)36-25-9-5-4-6-10-25)37(20-23-15-16-24(33)19-27(23)34)31(39)21-38(30-12-8-7-11-28(30)35)43(41,42)26-17-13-22(2)14-18-26/h7-8,11-19,25,29H,3-6,9-10,20-21H2,1-2H3,(H,36,40)/t29-/m0/s1.